The maximum absolute atomic E-state index is 13.2. The number of nitrogens with two attached hydrogens (primary N) is 2. The van der Waals surface area contributed by atoms with E-state index in [-0.39, 0.29) is 35.8 Å². The molecule has 23 heteroatoms. The molecule has 0 spiro atoms. The molecule has 6 heterocycles. The van der Waals surface area contributed by atoms with Gasteiger partial charge in [-0.2, -0.15) is 9.51 Å². The number of phosphoric acid groups is 1. The first-order chi connectivity index (χ1) is 20.5. The number of hydrogen-bond acceptors (Lipinski definition) is 16. The monoisotopic (exact) mass is 675 g/mol. The van der Waals surface area contributed by atoms with Gasteiger partial charge in [0, 0.05) is 12.8 Å². The van der Waals surface area contributed by atoms with Gasteiger partial charge in [-0.15, -0.1) is 0 Å². The Bertz CT molecular complexity index is 1790. The Balaban J connectivity index is 1.18. The van der Waals surface area contributed by atoms with Crippen molar-refractivity contribution in [3.63, 3.8) is 0 Å². The van der Waals surface area contributed by atoms with E-state index in [0.717, 1.165) is 0 Å². The zero-order chi connectivity index (χ0) is 30.5. The van der Waals surface area contributed by atoms with Crippen LogP contribution in [0.2, 0.25) is 0 Å². The molecule has 2 saturated heterocycles. The number of anilines is 2. The molecule has 43 heavy (non-hydrogen) atoms. The van der Waals surface area contributed by atoms with E-state index in [1.807, 2.05) is 0 Å². The Morgan fingerprint density at radius 1 is 1.14 bits per heavy atom. The number of imidazole rings is 2. The lowest BCUT2D eigenvalue weighted by atomic mass is 10.2. The number of H-pyrrole nitrogens is 1. The van der Waals surface area contributed by atoms with E-state index in [9.17, 15) is 19.4 Å². The number of hydrogen-bond donors (Lipinski definition) is 6. The van der Waals surface area contributed by atoms with Crippen molar-refractivity contribution < 1.29 is 37.6 Å². The lowest BCUT2D eigenvalue weighted by Crippen LogP contribution is -2.28. The average Bonchev–Trinajstić information content (AvgIpc) is 3.72. The molecule has 7 N–H and O–H groups in total. The van der Waals surface area contributed by atoms with Crippen LogP contribution in [0, 0.1) is 0 Å². The first-order valence-corrected chi connectivity index (χ1v) is 17.5. The van der Waals surface area contributed by atoms with E-state index in [4.69, 9.17) is 46.3 Å². The van der Waals surface area contributed by atoms with Crippen molar-refractivity contribution >= 4 is 72.1 Å². The quantitative estimate of drug-likeness (QED) is 0.0974. The van der Waals surface area contributed by atoms with Crippen LogP contribution in [0.4, 0.5) is 11.8 Å². The molecule has 2 fully saturated rings. The minimum absolute atomic E-state index is 0.0136. The number of aliphatic hydroxyl groups is 1. The van der Waals surface area contributed by atoms with Gasteiger partial charge in [0.25, 0.3) is 5.56 Å². The molecule has 2 aliphatic heterocycles. The first kappa shape index (κ1) is 30.4. The smallest absolute Gasteiger partial charge is 0.394 e. The largest absolute Gasteiger partial charge is 0.472 e. The van der Waals surface area contributed by atoms with Crippen molar-refractivity contribution in [1.29, 1.82) is 0 Å². The van der Waals surface area contributed by atoms with Crippen molar-refractivity contribution in [3.8, 4) is 0 Å². The topological polar surface area (TPSA) is 263 Å². The molecule has 4 aromatic rings. The number of nitrogens with one attached hydrogen (secondary N) is 1. The summed E-state index contributed by atoms with van der Waals surface area (Å²) < 4.78 is 44.7. The SMILES string of the molecule is Nc1nc2c(ncn2[C@@H]2O[C@H](CO)C[C@H]2OP(=O)(O)OC[C@H]2O[C@@H](n3cnc4c(N)ncnc43)C[C@@H]2O[P+](=S)S)c(=O)[nH]1. The van der Waals surface area contributed by atoms with Gasteiger partial charge in [-0.3, -0.25) is 28.0 Å². The zero-order valence-electron chi connectivity index (χ0n) is 21.8. The van der Waals surface area contributed by atoms with Crippen molar-refractivity contribution in [1.82, 2.24) is 39.0 Å². The van der Waals surface area contributed by atoms with Crippen LogP contribution >= 0.6 is 26.2 Å². The molecule has 8 atom stereocenters. The molecular weight excluding hydrogens is 650 g/mol. The van der Waals surface area contributed by atoms with Crippen LogP contribution in [-0.4, -0.2) is 86.7 Å². The number of rotatable bonds is 10. The van der Waals surface area contributed by atoms with Crippen LogP contribution < -0.4 is 17.0 Å². The Hall–Kier alpha value is -2.68. The van der Waals surface area contributed by atoms with E-state index in [0.29, 0.717) is 11.2 Å². The maximum atomic E-state index is 13.2. The number of thiol groups is 1. The van der Waals surface area contributed by atoms with E-state index in [1.54, 1.807) is 4.57 Å². The number of ether oxygens (including phenoxy) is 2. The molecule has 0 amide bonds. The highest BCUT2D eigenvalue weighted by Crippen LogP contribution is 2.50. The summed E-state index contributed by atoms with van der Waals surface area (Å²) in [5.41, 5.74) is 11.8. The third-order valence-electron chi connectivity index (χ3n) is 6.85. The number of phosphoric ester groups is 1. The first-order valence-electron chi connectivity index (χ1n) is 12.6. The summed E-state index contributed by atoms with van der Waals surface area (Å²) in [5, 5.41) is 9.71. The minimum Gasteiger partial charge on any atom is -0.394 e. The number of nitrogens with zero attached hydrogens (tertiary/aromatic N) is 7. The van der Waals surface area contributed by atoms with E-state index in [2.05, 4.69) is 42.2 Å². The summed E-state index contributed by atoms with van der Waals surface area (Å²) >= 11 is 9.32. The summed E-state index contributed by atoms with van der Waals surface area (Å²) in [4.78, 5) is 45.8. The Labute approximate surface area is 252 Å². The van der Waals surface area contributed by atoms with Crippen LogP contribution in [0.25, 0.3) is 22.3 Å². The second kappa shape index (κ2) is 12.0. The van der Waals surface area contributed by atoms with Crippen molar-refractivity contribution in [2.75, 3.05) is 24.7 Å². The Kier molecular flexibility index (Phi) is 8.48. The summed E-state index contributed by atoms with van der Waals surface area (Å²) in [6.07, 6.45) is -2.33. The van der Waals surface area contributed by atoms with Gasteiger partial charge in [0.1, 0.15) is 48.6 Å². The highest BCUT2D eigenvalue weighted by Gasteiger charge is 2.45. The molecule has 0 aromatic carbocycles. The van der Waals surface area contributed by atoms with E-state index >= 15 is 0 Å². The molecule has 0 bridgehead atoms. The fourth-order valence-electron chi connectivity index (χ4n) is 5.00. The fraction of sp³-hybridized carbons (Fsp3) is 0.500. The van der Waals surface area contributed by atoms with Crippen molar-refractivity contribution in [2.45, 2.75) is 49.7 Å². The van der Waals surface area contributed by atoms with Gasteiger partial charge < -0.3 is 30.9 Å². The lowest BCUT2D eigenvalue weighted by molar-refractivity contribution is -0.0573. The number of aromatic amines is 1. The third-order valence-corrected chi connectivity index (χ3v) is 8.85. The Morgan fingerprint density at radius 3 is 2.67 bits per heavy atom. The van der Waals surface area contributed by atoms with E-state index in [1.165, 1.54) is 23.5 Å². The molecule has 230 valence electrons. The van der Waals surface area contributed by atoms with Gasteiger partial charge in [-0.25, -0.2) is 24.5 Å². The summed E-state index contributed by atoms with van der Waals surface area (Å²) in [7, 11) is -4.78. The lowest BCUT2D eigenvalue weighted by Gasteiger charge is -2.23. The molecule has 4 aromatic heterocycles. The minimum atomic E-state index is -4.78. The number of aromatic nitrogens is 8. The zero-order valence-corrected chi connectivity index (χ0v) is 25.3. The van der Waals surface area contributed by atoms with E-state index < -0.39 is 69.6 Å². The normalized spacial score (nSPS) is 27.7. The molecule has 19 nitrogen and oxygen atoms in total. The maximum Gasteiger partial charge on any atom is 0.472 e. The fourth-order valence-corrected chi connectivity index (χ4v) is 7.08. The average molecular weight is 676 g/mol. The van der Waals surface area contributed by atoms with Gasteiger partial charge in [0.05, 0.1) is 32.0 Å². The highest BCUT2D eigenvalue weighted by atomic mass is 32.9. The van der Waals surface area contributed by atoms with Crippen LogP contribution in [0.5, 0.6) is 0 Å². The number of fused-ring (bicyclic) bond motifs is 2. The standard InChI is InChI=1S/C20H24N10O9P2S2/c21-15-13-16(24-5-23-15)29(6-25-13)12-2-9(38-40(42)43)11(37-12)4-35-41(33,34)39-10-1-8(3-31)36-19(10)30-7-26-14-17(30)27-20(22)28-18(14)32/h5-12,19,31H,1-4H2,(H6-,21,22,23,24,27,28,32,33,34,42,43)/p+1/t8-,9-,10+,11+,12+,19+/m0/s1. The van der Waals surface area contributed by atoms with Crippen LogP contribution in [-0.2, 0) is 39.4 Å². The predicted octanol–water partition coefficient (Wildman–Crippen LogP) is 0.282. The van der Waals surface area contributed by atoms with Crippen LogP contribution in [0.1, 0.15) is 25.3 Å². The molecule has 0 saturated carbocycles. The molecular formula is C20H25N10O9P2S2+. The second-order valence-corrected chi connectivity index (χ2v) is 14.6. The summed E-state index contributed by atoms with van der Waals surface area (Å²) in [5.74, 6) is 0.0319. The van der Waals surface area contributed by atoms with Gasteiger partial charge in [-0.05, 0) is 0 Å². The molecule has 0 aliphatic carbocycles. The molecule has 0 radical (unpaired) electrons. The number of nitrogen functional groups attached to an aromatic ring is 2. The highest BCUT2D eigenvalue weighted by molar-refractivity contribution is 8.54. The van der Waals surface area contributed by atoms with Gasteiger partial charge in [-0.1, -0.05) is 0 Å². The van der Waals surface area contributed by atoms with Crippen molar-refractivity contribution in [3.05, 3.63) is 29.3 Å². The summed E-state index contributed by atoms with van der Waals surface area (Å²) in [6.45, 7) is -0.826. The van der Waals surface area contributed by atoms with Crippen molar-refractivity contribution in [2.24, 2.45) is 0 Å². The number of aliphatic hydroxyl groups excluding tert-OH is 1. The predicted molar refractivity (Wildman–Crippen MR) is 155 cm³/mol. The molecule has 2 aliphatic rings. The van der Waals surface area contributed by atoms with Crippen LogP contribution in [0.3, 0.4) is 0 Å². The Morgan fingerprint density at radius 2 is 1.91 bits per heavy atom. The van der Waals surface area contributed by atoms with Crippen LogP contribution in [0.15, 0.2) is 23.8 Å². The van der Waals surface area contributed by atoms with Gasteiger partial charge in [0.15, 0.2) is 28.9 Å². The third kappa shape index (κ3) is 6.16. The van der Waals surface area contributed by atoms with Gasteiger partial charge >= 0.3 is 13.9 Å². The summed E-state index contributed by atoms with van der Waals surface area (Å²) in [6, 6.07) is 0. The second-order valence-electron chi connectivity index (χ2n) is 9.58. The van der Waals surface area contributed by atoms with Gasteiger partial charge in [0.2, 0.25) is 17.8 Å². The molecule has 6 rings (SSSR count). The molecule has 2 unspecified atom stereocenters.